The molecule has 0 spiro atoms. The predicted molar refractivity (Wildman–Crippen MR) is 96.3 cm³/mol. The smallest absolute Gasteiger partial charge is 0.417 e. The van der Waals surface area contributed by atoms with Crippen LogP contribution < -0.4 is 0 Å². The van der Waals surface area contributed by atoms with Gasteiger partial charge in [-0.15, -0.1) is 0 Å². The maximum atomic E-state index is 12.4. The molecule has 1 aromatic carbocycles. The van der Waals surface area contributed by atoms with Gasteiger partial charge >= 0.3 is 6.09 Å². The molecule has 2 rings (SSSR count). The summed E-state index contributed by atoms with van der Waals surface area (Å²) >= 11 is 6.62. The fraction of sp³-hybridized carbons (Fsp3) is 0.412. The molecule has 3 atom stereocenters. The Balaban J connectivity index is 2.01. The maximum absolute atomic E-state index is 12.4. The number of rotatable bonds is 5. The van der Waals surface area contributed by atoms with Gasteiger partial charge in [0.2, 0.25) is 5.91 Å². The van der Waals surface area contributed by atoms with Crippen molar-refractivity contribution in [1.82, 2.24) is 4.90 Å². The molecule has 1 fully saturated rings. The lowest BCUT2D eigenvalue weighted by Gasteiger charge is -2.19. The van der Waals surface area contributed by atoms with E-state index in [0.29, 0.717) is 12.8 Å². The number of hydrogen-bond acceptors (Lipinski definition) is 3. The van der Waals surface area contributed by atoms with E-state index in [9.17, 15) is 9.59 Å². The Labute approximate surface area is 153 Å². The van der Waals surface area contributed by atoms with Crippen molar-refractivity contribution in [3.63, 3.8) is 0 Å². The first-order valence-electron chi connectivity index (χ1n) is 7.50. The fourth-order valence-electron chi connectivity index (χ4n) is 2.65. The van der Waals surface area contributed by atoms with E-state index in [1.54, 1.807) is 0 Å². The van der Waals surface area contributed by atoms with Crippen LogP contribution in [0.25, 0.3) is 0 Å². The number of ether oxygens (including phenoxy) is 1. The van der Waals surface area contributed by atoms with E-state index in [4.69, 9.17) is 4.74 Å². The van der Waals surface area contributed by atoms with Gasteiger partial charge in [-0.2, -0.15) is 0 Å². The Morgan fingerprint density at radius 1 is 1.35 bits per heavy atom. The van der Waals surface area contributed by atoms with Gasteiger partial charge in [0.1, 0.15) is 6.10 Å². The molecule has 0 unspecified atom stereocenters. The third-order valence-corrected chi connectivity index (χ3v) is 4.42. The summed E-state index contributed by atoms with van der Waals surface area (Å²) in [5, 5.41) is 0. The topological polar surface area (TPSA) is 46.6 Å². The molecular weight excluding hydrogens is 426 g/mol. The summed E-state index contributed by atoms with van der Waals surface area (Å²) in [5.41, 5.74) is 0.906. The van der Waals surface area contributed by atoms with Crippen LogP contribution in [0.1, 0.15) is 38.4 Å². The molecule has 1 saturated heterocycles. The second kappa shape index (κ2) is 8.11. The van der Waals surface area contributed by atoms with Gasteiger partial charge in [-0.1, -0.05) is 43.3 Å². The summed E-state index contributed by atoms with van der Waals surface area (Å²) in [6.45, 7) is 3.87. The summed E-state index contributed by atoms with van der Waals surface area (Å²) in [4.78, 5) is 25.7. The van der Waals surface area contributed by atoms with Crippen LogP contribution in [-0.2, 0) is 9.53 Å². The average Bonchev–Trinajstić information content (AvgIpc) is 2.80. The molecule has 0 bridgehead atoms. The van der Waals surface area contributed by atoms with E-state index < -0.39 is 12.2 Å². The number of nitrogens with zero attached hydrogens (tertiary/aromatic N) is 1. The zero-order valence-electron chi connectivity index (χ0n) is 13.0. The van der Waals surface area contributed by atoms with Crippen LogP contribution in [0.5, 0.6) is 0 Å². The van der Waals surface area contributed by atoms with Gasteiger partial charge < -0.3 is 4.74 Å². The number of cyclic esters (lactones) is 1. The van der Waals surface area contributed by atoms with Crippen LogP contribution in [0.3, 0.4) is 0 Å². The van der Waals surface area contributed by atoms with E-state index in [0.717, 1.165) is 8.96 Å². The van der Waals surface area contributed by atoms with Crippen LogP contribution in [0.15, 0.2) is 39.8 Å². The summed E-state index contributed by atoms with van der Waals surface area (Å²) in [7, 11) is 0. The lowest BCUT2D eigenvalue weighted by atomic mass is 10.0. The minimum Gasteiger partial charge on any atom is -0.439 e. The molecule has 1 aromatic rings. The normalized spacial score (nSPS) is 21.7. The molecule has 4 nitrogen and oxygen atoms in total. The third-order valence-electron chi connectivity index (χ3n) is 3.89. The average molecular weight is 445 g/mol. The van der Waals surface area contributed by atoms with Crippen molar-refractivity contribution in [2.75, 3.05) is 0 Å². The molecule has 1 aliphatic heterocycles. The van der Waals surface area contributed by atoms with E-state index >= 15 is 0 Å². The van der Waals surface area contributed by atoms with Crippen LogP contribution in [0, 0.1) is 5.92 Å². The summed E-state index contributed by atoms with van der Waals surface area (Å²) in [6.07, 6.45) is 2.01. The van der Waals surface area contributed by atoms with Gasteiger partial charge in [-0.05, 0) is 56.7 Å². The standard InChI is InChI=1S/C17H19Br2NO3/c1-11(10-14(18)19)8-9-15(21)20-12(2)16(23-17(20)22)13-6-4-3-5-7-13/h3-7,10-12,16H,8-9H2,1-2H3/t11-,12+,16+/m0/s1. The highest BCUT2D eigenvalue weighted by atomic mass is 79.9. The summed E-state index contributed by atoms with van der Waals surface area (Å²) < 4.78 is 6.27. The Hall–Kier alpha value is -1.14. The summed E-state index contributed by atoms with van der Waals surface area (Å²) in [6, 6.07) is 9.21. The zero-order valence-corrected chi connectivity index (χ0v) is 16.2. The van der Waals surface area contributed by atoms with Gasteiger partial charge in [-0.25, -0.2) is 9.69 Å². The van der Waals surface area contributed by atoms with Crippen LogP contribution in [-0.4, -0.2) is 22.9 Å². The molecule has 6 heteroatoms. The predicted octanol–water partition coefficient (Wildman–Crippen LogP) is 5.14. The molecule has 0 N–H and O–H groups in total. The van der Waals surface area contributed by atoms with Crippen LogP contribution in [0.4, 0.5) is 4.79 Å². The molecule has 0 saturated carbocycles. The number of carbonyl (C=O) groups excluding carboxylic acids is 2. The van der Waals surface area contributed by atoms with Gasteiger partial charge in [-0.3, -0.25) is 4.79 Å². The van der Waals surface area contributed by atoms with E-state index in [1.165, 1.54) is 4.90 Å². The molecule has 0 aliphatic carbocycles. The first kappa shape index (κ1) is 18.2. The Bertz CT molecular complexity index is 599. The van der Waals surface area contributed by atoms with Crippen LogP contribution in [0.2, 0.25) is 0 Å². The summed E-state index contributed by atoms with van der Waals surface area (Å²) in [5.74, 6) is 0.0402. The van der Waals surface area contributed by atoms with E-state index in [2.05, 4.69) is 31.9 Å². The van der Waals surface area contributed by atoms with Crippen LogP contribution >= 0.6 is 31.9 Å². The number of benzene rings is 1. The van der Waals surface area contributed by atoms with Gasteiger partial charge in [0, 0.05) is 6.42 Å². The second-order valence-corrected chi connectivity index (χ2v) is 8.46. The Morgan fingerprint density at radius 3 is 2.61 bits per heavy atom. The molecule has 0 radical (unpaired) electrons. The SMILES string of the molecule is C[C@H](C=C(Br)Br)CCC(=O)N1C(=O)O[C@@H](c2ccccc2)[C@H]1C. The molecule has 124 valence electrons. The molecular formula is C17H19Br2NO3. The van der Waals surface area contributed by atoms with Gasteiger partial charge in [0.15, 0.2) is 0 Å². The molecule has 2 amide bonds. The van der Waals surface area contributed by atoms with Crippen molar-refractivity contribution in [3.8, 4) is 0 Å². The van der Waals surface area contributed by atoms with Gasteiger partial charge in [0.05, 0.1) is 9.43 Å². The molecule has 1 aliphatic rings. The lowest BCUT2D eigenvalue weighted by Crippen LogP contribution is -2.37. The third kappa shape index (κ3) is 4.67. The quantitative estimate of drug-likeness (QED) is 0.631. The van der Waals surface area contributed by atoms with Crippen molar-refractivity contribution >= 4 is 43.9 Å². The zero-order chi connectivity index (χ0) is 17.0. The Morgan fingerprint density at radius 2 is 2.00 bits per heavy atom. The Kier molecular flexibility index (Phi) is 6.41. The largest absolute Gasteiger partial charge is 0.439 e. The highest BCUT2D eigenvalue weighted by Crippen LogP contribution is 2.33. The monoisotopic (exact) mass is 443 g/mol. The first-order valence-corrected chi connectivity index (χ1v) is 9.09. The second-order valence-electron chi connectivity index (χ2n) is 5.69. The minimum absolute atomic E-state index is 0.188. The number of amides is 2. The van der Waals surface area contributed by atoms with Crippen molar-refractivity contribution < 1.29 is 14.3 Å². The van der Waals surface area contributed by atoms with Crippen molar-refractivity contribution in [2.24, 2.45) is 5.92 Å². The first-order chi connectivity index (χ1) is 10.9. The van der Waals surface area contributed by atoms with Crippen molar-refractivity contribution in [2.45, 2.75) is 38.8 Å². The van der Waals surface area contributed by atoms with Crippen molar-refractivity contribution in [1.29, 1.82) is 0 Å². The number of halogens is 2. The van der Waals surface area contributed by atoms with E-state index in [-0.39, 0.29) is 17.9 Å². The highest BCUT2D eigenvalue weighted by molar-refractivity contribution is 9.28. The highest BCUT2D eigenvalue weighted by Gasteiger charge is 2.42. The number of carbonyl (C=O) groups is 2. The number of hydrogen-bond donors (Lipinski definition) is 0. The molecule has 0 aromatic heterocycles. The van der Waals surface area contributed by atoms with Crippen molar-refractivity contribution in [3.05, 3.63) is 45.4 Å². The number of imide groups is 1. The van der Waals surface area contributed by atoms with Gasteiger partial charge in [0.25, 0.3) is 0 Å². The lowest BCUT2D eigenvalue weighted by molar-refractivity contribution is -0.129. The minimum atomic E-state index is -0.554. The fourth-order valence-corrected chi connectivity index (χ4v) is 3.56. The number of allylic oxidation sites excluding steroid dienone is 1. The molecule has 23 heavy (non-hydrogen) atoms. The maximum Gasteiger partial charge on any atom is 0.417 e. The van der Waals surface area contributed by atoms with E-state index in [1.807, 2.05) is 50.3 Å². The molecule has 1 heterocycles.